The summed E-state index contributed by atoms with van der Waals surface area (Å²) in [5.41, 5.74) is 4.74. The molecule has 2 N–H and O–H groups in total. The second kappa shape index (κ2) is 6.73. The normalized spacial score (nSPS) is 10.8. The number of phenols is 1. The molecule has 0 aliphatic carbocycles. The third-order valence-electron chi connectivity index (χ3n) is 2.48. The molecule has 0 atom stereocenters. The minimum atomic E-state index is 0.175. The molecule has 0 aromatic heterocycles. The van der Waals surface area contributed by atoms with Crippen LogP contribution in [0.15, 0.2) is 56.5 Å². The second-order valence-corrected chi connectivity index (χ2v) is 5.67. The smallest absolute Gasteiger partial charge is 0.138 e. The highest BCUT2D eigenvalue weighted by atomic mass is 79.9. The van der Waals surface area contributed by atoms with Gasteiger partial charge in [-0.1, -0.05) is 46.3 Å². The van der Waals surface area contributed by atoms with E-state index in [0.717, 1.165) is 10.0 Å². The van der Waals surface area contributed by atoms with Crippen molar-refractivity contribution in [3.8, 4) is 5.75 Å². The summed E-state index contributed by atoms with van der Waals surface area (Å²) in [7, 11) is 0. The van der Waals surface area contributed by atoms with Crippen molar-refractivity contribution in [3.05, 3.63) is 62.5 Å². The van der Waals surface area contributed by atoms with Crippen molar-refractivity contribution >= 4 is 38.1 Å². The summed E-state index contributed by atoms with van der Waals surface area (Å²) in [6.45, 7) is 0.646. The molecule has 0 aliphatic rings. The van der Waals surface area contributed by atoms with E-state index >= 15 is 0 Å². The summed E-state index contributed by atoms with van der Waals surface area (Å²) in [4.78, 5) is 0. The zero-order chi connectivity index (χ0) is 13.7. The highest BCUT2D eigenvalue weighted by molar-refractivity contribution is 9.11. The Balaban J connectivity index is 2.00. The molecule has 2 rings (SSSR count). The fourth-order valence-corrected chi connectivity index (χ4v) is 2.79. The average Bonchev–Trinajstić information content (AvgIpc) is 2.41. The van der Waals surface area contributed by atoms with Crippen LogP contribution in [0.3, 0.4) is 0 Å². The molecule has 3 nitrogen and oxygen atoms in total. The number of rotatable bonds is 4. The molecule has 0 radical (unpaired) electrons. The van der Waals surface area contributed by atoms with Gasteiger partial charge in [0.25, 0.3) is 0 Å². The first kappa shape index (κ1) is 14.1. The molecule has 0 bridgehead atoms. The number of phenolic OH excluding ortho intramolecular Hbond substituents is 1. The van der Waals surface area contributed by atoms with Gasteiger partial charge in [-0.2, -0.15) is 5.10 Å². The lowest BCUT2D eigenvalue weighted by Gasteiger charge is -2.03. The first-order valence-corrected chi connectivity index (χ1v) is 7.23. The van der Waals surface area contributed by atoms with Gasteiger partial charge >= 0.3 is 0 Å². The minimum Gasteiger partial charge on any atom is -0.506 e. The summed E-state index contributed by atoms with van der Waals surface area (Å²) < 4.78 is 1.51. The maximum atomic E-state index is 9.85. The Bertz CT molecular complexity index is 585. The molecule has 0 fully saturated rings. The van der Waals surface area contributed by atoms with E-state index in [9.17, 15) is 5.11 Å². The first-order chi connectivity index (χ1) is 9.16. The Morgan fingerprint density at radius 2 is 1.89 bits per heavy atom. The number of hydrogen-bond acceptors (Lipinski definition) is 3. The van der Waals surface area contributed by atoms with Gasteiger partial charge in [0, 0.05) is 10.0 Å². The third kappa shape index (κ3) is 4.08. The molecule has 0 saturated carbocycles. The van der Waals surface area contributed by atoms with Crippen LogP contribution in [-0.2, 0) is 6.54 Å². The molecule has 2 aromatic rings. The molecule has 0 heterocycles. The van der Waals surface area contributed by atoms with E-state index < -0.39 is 0 Å². The lowest BCUT2D eigenvalue weighted by atomic mass is 10.2. The van der Waals surface area contributed by atoms with Crippen molar-refractivity contribution in [1.82, 2.24) is 5.43 Å². The molecular formula is C14H12Br2N2O. The molecule has 0 unspecified atom stereocenters. The van der Waals surface area contributed by atoms with E-state index in [-0.39, 0.29) is 5.75 Å². The average molecular weight is 384 g/mol. The van der Waals surface area contributed by atoms with Crippen LogP contribution in [0.1, 0.15) is 11.1 Å². The lowest BCUT2D eigenvalue weighted by Crippen LogP contribution is -2.05. The molecule has 5 heteroatoms. The Labute approximate surface area is 128 Å². The predicted octanol–water partition coefficient (Wildman–Crippen LogP) is 4.04. The number of nitrogens with one attached hydrogen (secondary N) is 1. The Kier molecular flexibility index (Phi) is 4.99. The van der Waals surface area contributed by atoms with Gasteiger partial charge in [-0.05, 0) is 33.6 Å². The van der Waals surface area contributed by atoms with Crippen molar-refractivity contribution in [2.75, 3.05) is 0 Å². The molecule has 0 aliphatic heterocycles. The van der Waals surface area contributed by atoms with Crippen molar-refractivity contribution < 1.29 is 5.11 Å². The predicted molar refractivity (Wildman–Crippen MR) is 84.4 cm³/mol. The molecule has 19 heavy (non-hydrogen) atoms. The summed E-state index contributed by atoms with van der Waals surface area (Å²) in [6.07, 6.45) is 1.59. The van der Waals surface area contributed by atoms with Gasteiger partial charge in [0.2, 0.25) is 0 Å². The van der Waals surface area contributed by atoms with Crippen molar-refractivity contribution in [1.29, 1.82) is 0 Å². The Morgan fingerprint density at radius 3 is 2.63 bits per heavy atom. The van der Waals surface area contributed by atoms with Crippen LogP contribution in [0, 0.1) is 0 Å². The molecule has 0 spiro atoms. The van der Waals surface area contributed by atoms with E-state index in [1.54, 1.807) is 18.3 Å². The fraction of sp³-hybridized carbons (Fsp3) is 0.0714. The standard InChI is InChI=1S/C14H12Br2N2O/c15-12-6-11(14(19)13(16)7-12)9-18-17-8-10-4-2-1-3-5-10/h1-7,9,17,19H,8H2/b18-9-. The van der Waals surface area contributed by atoms with Crippen molar-refractivity contribution in [2.24, 2.45) is 5.10 Å². The zero-order valence-electron chi connectivity index (χ0n) is 9.98. The summed E-state index contributed by atoms with van der Waals surface area (Å²) in [5, 5.41) is 14.0. The topological polar surface area (TPSA) is 44.6 Å². The minimum absolute atomic E-state index is 0.175. The molecular weight excluding hydrogens is 372 g/mol. The number of nitrogens with zero attached hydrogens (tertiary/aromatic N) is 1. The highest BCUT2D eigenvalue weighted by Crippen LogP contribution is 2.30. The van der Waals surface area contributed by atoms with E-state index in [1.165, 1.54) is 0 Å². The Morgan fingerprint density at radius 1 is 1.16 bits per heavy atom. The SMILES string of the molecule is Oc1c(Br)cc(Br)cc1/C=N\NCc1ccccc1. The summed E-state index contributed by atoms with van der Waals surface area (Å²) in [6, 6.07) is 13.6. The van der Waals surface area contributed by atoms with E-state index in [4.69, 9.17) is 0 Å². The monoisotopic (exact) mass is 382 g/mol. The number of hydrogen-bond donors (Lipinski definition) is 2. The van der Waals surface area contributed by atoms with Crippen LogP contribution in [0.4, 0.5) is 0 Å². The highest BCUT2D eigenvalue weighted by Gasteiger charge is 2.04. The molecule has 0 saturated heterocycles. The van der Waals surface area contributed by atoms with Crippen LogP contribution in [-0.4, -0.2) is 11.3 Å². The fourth-order valence-electron chi connectivity index (χ4n) is 1.53. The van der Waals surface area contributed by atoms with Gasteiger partial charge in [-0.25, -0.2) is 0 Å². The third-order valence-corrected chi connectivity index (χ3v) is 3.54. The number of halogens is 2. The van der Waals surface area contributed by atoms with Crippen LogP contribution in [0.5, 0.6) is 5.75 Å². The number of benzene rings is 2. The van der Waals surface area contributed by atoms with Crippen LogP contribution >= 0.6 is 31.9 Å². The maximum Gasteiger partial charge on any atom is 0.138 e. The van der Waals surface area contributed by atoms with Crippen LogP contribution in [0.25, 0.3) is 0 Å². The van der Waals surface area contributed by atoms with Gasteiger partial charge < -0.3 is 10.5 Å². The second-order valence-electron chi connectivity index (χ2n) is 3.90. The number of hydrazone groups is 1. The van der Waals surface area contributed by atoms with Gasteiger partial charge in [-0.3, -0.25) is 0 Å². The summed E-state index contributed by atoms with van der Waals surface area (Å²) >= 11 is 6.65. The first-order valence-electron chi connectivity index (χ1n) is 5.64. The van der Waals surface area contributed by atoms with E-state index in [0.29, 0.717) is 16.6 Å². The Hall–Kier alpha value is -1.33. The zero-order valence-corrected chi connectivity index (χ0v) is 13.1. The molecule has 0 amide bonds. The van der Waals surface area contributed by atoms with Crippen LogP contribution in [0.2, 0.25) is 0 Å². The van der Waals surface area contributed by atoms with Gasteiger partial charge in [-0.15, -0.1) is 0 Å². The van der Waals surface area contributed by atoms with E-state index in [2.05, 4.69) is 42.4 Å². The lowest BCUT2D eigenvalue weighted by molar-refractivity contribution is 0.471. The van der Waals surface area contributed by atoms with Crippen molar-refractivity contribution in [2.45, 2.75) is 6.54 Å². The van der Waals surface area contributed by atoms with E-state index in [1.807, 2.05) is 30.3 Å². The number of aromatic hydroxyl groups is 1. The quantitative estimate of drug-likeness (QED) is 0.618. The van der Waals surface area contributed by atoms with Crippen LogP contribution < -0.4 is 5.43 Å². The van der Waals surface area contributed by atoms with Gasteiger partial charge in [0.15, 0.2) is 0 Å². The van der Waals surface area contributed by atoms with Gasteiger partial charge in [0.05, 0.1) is 17.2 Å². The van der Waals surface area contributed by atoms with Crippen molar-refractivity contribution in [3.63, 3.8) is 0 Å². The molecule has 2 aromatic carbocycles. The maximum absolute atomic E-state index is 9.85. The largest absolute Gasteiger partial charge is 0.506 e. The summed E-state index contributed by atoms with van der Waals surface area (Å²) in [5.74, 6) is 0.175. The molecule has 98 valence electrons. The van der Waals surface area contributed by atoms with Gasteiger partial charge in [0.1, 0.15) is 5.75 Å².